The van der Waals surface area contributed by atoms with Gasteiger partial charge in [-0.2, -0.15) is 0 Å². The molecule has 1 aliphatic heterocycles. The first kappa shape index (κ1) is 23.4. The highest BCUT2D eigenvalue weighted by atomic mass is 16.5. The molecule has 8 N–H and O–H groups in total. The fourth-order valence-electron chi connectivity index (χ4n) is 4.56. The van der Waals surface area contributed by atoms with Crippen molar-refractivity contribution in [2.24, 2.45) is 0 Å². The molecule has 1 fully saturated rings. The molecule has 1 aliphatic carbocycles. The van der Waals surface area contributed by atoms with Crippen molar-refractivity contribution in [3.05, 3.63) is 45.0 Å². The lowest BCUT2D eigenvalue weighted by Crippen LogP contribution is -2.44. The number of aromatic hydroxyl groups is 4. The highest BCUT2D eigenvalue weighted by Crippen LogP contribution is 2.52. The second-order valence-corrected chi connectivity index (χ2v) is 8.14. The lowest BCUT2D eigenvalue weighted by Gasteiger charge is -2.37. The van der Waals surface area contributed by atoms with Crippen molar-refractivity contribution < 1.29 is 60.0 Å². The largest absolute Gasteiger partial charge is 0.507 e. The lowest BCUT2D eigenvalue weighted by atomic mass is 9.77. The fourth-order valence-corrected chi connectivity index (χ4v) is 4.56. The highest BCUT2D eigenvalue weighted by Gasteiger charge is 2.45. The van der Waals surface area contributed by atoms with Crippen molar-refractivity contribution in [1.29, 1.82) is 0 Å². The van der Waals surface area contributed by atoms with E-state index < -0.39 is 105 Å². The number of ether oxygens (including phenoxy) is 1. The van der Waals surface area contributed by atoms with Gasteiger partial charge in [-0.25, -0.2) is 4.79 Å². The Balaban J connectivity index is 1.98. The molecule has 0 saturated carbocycles. The second kappa shape index (κ2) is 7.95. The number of fused-ring (bicyclic) bond motifs is 2. The number of ketones is 2. The van der Waals surface area contributed by atoms with Gasteiger partial charge in [-0.1, -0.05) is 0 Å². The van der Waals surface area contributed by atoms with Gasteiger partial charge in [0, 0.05) is 17.5 Å². The molecule has 34 heavy (non-hydrogen) atoms. The van der Waals surface area contributed by atoms with Crippen molar-refractivity contribution in [2.45, 2.75) is 37.8 Å². The Labute approximate surface area is 190 Å². The van der Waals surface area contributed by atoms with Crippen LogP contribution >= 0.6 is 0 Å². The molecule has 0 spiro atoms. The quantitative estimate of drug-likeness (QED) is 0.182. The summed E-state index contributed by atoms with van der Waals surface area (Å²) in [6, 6.07) is 0.748. The zero-order chi connectivity index (χ0) is 25.2. The minimum atomic E-state index is -1.61. The number of carboxylic acids is 1. The first-order valence-corrected chi connectivity index (χ1v) is 10.0. The van der Waals surface area contributed by atoms with Crippen LogP contribution in [-0.4, -0.2) is 83.3 Å². The number of carbonyl (C=O) groups excluding carboxylic acids is 2. The molecule has 1 saturated heterocycles. The lowest BCUT2D eigenvalue weighted by molar-refractivity contribution is -0.182. The third-order valence-electron chi connectivity index (χ3n) is 6.20. The normalized spacial score (nSPS) is 24.0. The molecule has 180 valence electrons. The van der Waals surface area contributed by atoms with Crippen molar-refractivity contribution in [1.82, 2.24) is 0 Å². The Kier molecular flexibility index (Phi) is 5.49. The molecule has 12 nitrogen and oxygen atoms in total. The first-order chi connectivity index (χ1) is 15.9. The van der Waals surface area contributed by atoms with Gasteiger partial charge in [0.1, 0.15) is 29.3 Å². The predicted molar refractivity (Wildman–Crippen MR) is 109 cm³/mol. The molecule has 0 amide bonds. The third-order valence-corrected chi connectivity index (χ3v) is 6.20. The van der Waals surface area contributed by atoms with Gasteiger partial charge >= 0.3 is 5.97 Å². The van der Waals surface area contributed by atoms with Crippen LogP contribution in [0.3, 0.4) is 0 Å². The number of aromatic carboxylic acids is 1. The molecule has 1 heterocycles. The van der Waals surface area contributed by atoms with E-state index in [9.17, 15) is 55.2 Å². The Morgan fingerprint density at radius 2 is 1.59 bits per heavy atom. The smallest absolute Gasteiger partial charge is 0.339 e. The summed E-state index contributed by atoms with van der Waals surface area (Å²) in [6.07, 6.45) is -6.02. The molecule has 0 bridgehead atoms. The van der Waals surface area contributed by atoms with E-state index in [1.165, 1.54) is 6.92 Å². The summed E-state index contributed by atoms with van der Waals surface area (Å²) in [5.41, 5.74) is -4.01. The van der Waals surface area contributed by atoms with Crippen LogP contribution in [0.15, 0.2) is 6.07 Å². The summed E-state index contributed by atoms with van der Waals surface area (Å²) in [7, 11) is 0. The second-order valence-electron chi connectivity index (χ2n) is 8.14. The van der Waals surface area contributed by atoms with E-state index in [1.54, 1.807) is 0 Å². The maximum atomic E-state index is 13.4. The highest BCUT2D eigenvalue weighted by molar-refractivity contribution is 6.31. The SMILES string of the molecule is Cc1c(C(=O)O)c(O)cc2c1C(=O)c1c(O)c(C3O[C@@H](CO)[C@H](O)C[C@@H]3O)c(O)c(O)c1C2=O. The summed E-state index contributed by atoms with van der Waals surface area (Å²) in [4.78, 5) is 38.0. The van der Waals surface area contributed by atoms with Crippen molar-refractivity contribution >= 4 is 17.5 Å². The minimum absolute atomic E-state index is 0.266. The van der Waals surface area contributed by atoms with E-state index >= 15 is 0 Å². The number of carboxylic acid groups (broad SMARTS) is 1. The van der Waals surface area contributed by atoms with Gasteiger partial charge in [-0.05, 0) is 18.6 Å². The number of phenolic OH excluding ortho intramolecular Hbond substituents is 3. The number of rotatable bonds is 3. The van der Waals surface area contributed by atoms with Gasteiger partial charge in [-0.3, -0.25) is 9.59 Å². The molecular formula is C22H20O12. The van der Waals surface area contributed by atoms with Gasteiger partial charge in [-0.15, -0.1) is 0 Å². The average Bonchev–Trinajstić information content (AvgIpc) is 2.75. The minimum Gasteiger partial charge on any atom is -0.507 e. The standard InChI is InChI=1S/C22H20O12/c1-5-11-6(2-8(25)12(5)22(32)33)16(27)13-14(17(11)28)18(29)15(20(31)19(13)30)21-9(26)3-7(24)10(4-23)34-21/h2,7,9-10,21,23-26,29-31H,3-4H2,1H3,(H,32,33)/t7-,9+,10+,21?/m1/s1. The van der Waals surface area contributed by atoms with Gasteiger partial charge in [0.05, 0.1) is 35.5 Å². The number of phenols is 4. The number of aliphatic hydroxyl groups is 3. The van der Waals surface area contributed by atoms with Crippen molar-refractivity contribution in [3.63, 3.8) is 0 Å². The van der Waals surface area contributed by atoms with Crippen LogP contribution in [0.25, 0.3) is 0 Å². The van der Waals surface area contributed by atoms with Gasteiger partial charge in [0.25, 0.3) is 0 Å². The van der Waals surface area contributed by atoms with Crippen LogP contribution in [0.5, 0.6) is 23.0 Å². The van der Waals surface area contributed by atoms with E-state index in [0.717, 1.165) is 6.07 Å². The topological polar surface area (TPSA) is 222 Å². The molecule has 4 rings (SSSR count). The van der Waals surface area contributed by atoms with Crippen LogP contribution < -0.4 is 0 Å². The molecule has 12 heteroatoms. The van der Waals surface area contributed by atoms with Crippen LogP contribution in [0.2, 0.25) is 0 Å². The Bertz CT molecular complexity index is 1260. The van der Waals surface area contributed by atoms with E-state index in [0.29, 0.717) is 0 Å². The van der Waals surface area contributed by atoms with Crippen LogP contribution in [0, 0.1) is 6.92 Å². The maximum Gasteiger partial charge on any atom is 0.339 e. The van der Waals surface area contributed by atoms with E-state index in [-0.39, 0.29) is 12.0 Å². The summed E-state index contributed by atoms with van der Waals surface area (Å²) >= 11 is 0. The summed E-state index contributed by atoms with van der Waals surface area (Å²) < 4.78 is 5.39. The number of hydrogen-bond donors (Lipinski definition) is 8. The van der Waals surface area contributed by atoms with Gasteiger partial charge in [0.2, 0.25) is 0 Å². The molecule has 2 aromatic rings. The van der Waals surface area contributed by atoms with Gasteiger partial charge < -0.3 is 45.6 Å². The molecule has 0 radical (unpaired) electrons. The van der Waals surface area contributed by atoms with E-state index in [2.05, 4.69) is 0 Å². The Morgan fingerprint density at radius 1 is 0.971 bits per heavy atom. The van der Waals surface area contributed by atoms with Crippen molar-refractivity contribution in [3.8, 4) is 23.0 Å². The van der Waals surface area contributed by atoms with Crippen LogP contribution in [0.1, 0.15) is 65.9 Å². The zero-order valence-corrected chi connectivity index (χ0v) is 17.5. The summed E-state index contributed by atoms with van der Waals surface area (Å²) in [5, 5.41) is 81.3. The maximum absolute atomic E-state index is 13.4. The predicted octanol–water partition coefficient (Wildman–Crippen LogP) is -0.165. The molecule has 4 atom stereocenters. The Morgan fingerprint density at radius 3 is 2.18 bits per heavy atom. The van der Waals surface area contributed by atoms with Gasteiger partial charge in [0.15, 0.2) is 23.1 Å². The van der Waals surface area contributed by atoms with Crippen molar-refractivity contribution in [2.75, 3.05) is 6.61 Å². The molecular weight excluding hydrogens is 456 g/mol. The molecule has 0 aromatic heterocycles. The first-order valence-electron chi connectivity index (χ1n) is 10.0. The molecule has 2 aromatic carbocycles. The molecule has 2 aliphatic rings. The monoisotopic (exact) mass is 476 g/mol. The van der Waals surface area contributed by atoms with E-state index in [1.807, 2.05) is 0 Å². The number of carbonyl (C=O) groups is 3. The fraction of sp³-hybridized carbons (Fsp3) is 0.318. The number of aliphatic hydroxyl groups excluding tert-OH is 3. The zero-order valence-electron chi connectivity index (χ0n) is 17.5. The summed E-state index contributed by atoms with van der Waals surface area (Å²) in [5.74, 6) is -7.75. The van der Waals surface area contributed by atoms with E-state index in [4.69, 9.17) is 4.74 Å². The third kappa shape index (κ3) is 3.11. The van der Waals surface area contributed by atoms with Crippen LogP contribution in [0.4, 0.5) is 0 Å². The number of hydrogen-bond acceptors (Lipinski definition) is 11. The Hall–Kier alpha value is -3.71. The molecule has 1 unspecified atom stereocenters. The number of benzene rings is 2. The summed E-state index contributed by atoms with van der Waals surface area (Å²) in [6.45, 7) is 0.492. The average molecular weight is 476 g/mol. The van der Waals surface area contributed by atoms with Crippen LogP contribution in [-0.2, 0) is 4.74 Å².